The van der Waals surface area contributed by atoms with Gasteiger partial charge in [-0.3, -0.25) is 4.79 Å². The van der Waals surface area contributed by atoms with Crippen LogP contribution in [0, 0.1) is 6.92 Å². The van der Waals surface area contributed by atoms with Crippen molar-refractivity contribution in [3.05, 3.63) is 47.3 Å². The number of aromatic nitrogens is 3. The lowest BCUT2D eigenvalue weighted by atomic mass is 10.1. The molecule has 3 aromatic rings. The standard InChI is InChI=1S/C20H22N4O3/c1-11(2)24-19-15(9-21-24)7-16(13(4)22-19)20(25)23-12(3)14-5-6-17-18(8-14)27-10-26-17/h5-9,11-12H,10H2,1-4H3,(H,23,25). The minimum Gasteiger partial charge on any atom is -0.454 e. The number of carbonyl (C=O) groups is 1. The van der Waals surface area contributed by atoms with Gasteiger partial charge in [0.1, 0.15) is 0 Å². The van der Waals surface area contributed by atoms with Crippen LogP contribution in [-0.4, -0.2) is 27.5 Å². The van der Waals surface area contributed by atoms with E-state index in [0.717, 1.165) is 22.3 Å². The zero-order chi connectivity index (χ0) is 19.1. The van der Waals surface area contributed by atoms with Crippen LogP contribution in [0.3, 0.4) is 0 Å². The van der Waals surface area contributed by atoms with E-state index < -0.39 is 0 Å². The Morgan fingerprint density at radius 3 is 2.74 bits per heavy atom. The van der Waals surface area contributed by atoms with Crippen molar-refractivity contribution in [2.45, 2.75) is 39.8 Å². The summed E-state index contributed by atoms with van der Waals surface area (Å²) in [5.41, 5.74) is 2.98. The van der Waals surface area contributed by atoms with Gasteiger partial charge < -0.3 is 14.8 Å². The topological polar surface area (TPSA) is 78.3 Å². The van der Waals surface area contributed by atoms with Gasteiger partial charge in [-0.25, -0.2) is 9.67 Å². The molecule has 0 radical (unpaired) electrons. The molecule has 1 aliphatic heterocycles. The van der Waals surface area contributed by atoms with Gasteiger partial charge in [0.25, 0.3) is 5.91 Å². The van der Waals surface area contributed by atoms with E-state index in [1.54, 1.807) is 6.20 Å². The van der Waals surface area contributed by atoms with Gasteiger partial charge in [-0.1, -0.05) is 6.07 Å². The van der Waals surface area contributed by atoms with Crippen LogP contribution in [-0.2, 0) is 0 Å². The molecule has 1 atom stereocenters. The van der Waals surface area contributed by atoms with Crippen molar-refractivity contribution in [1.29, 1.82) is 0 Å². The lowest BCUT2D eigenvalue weighted by Gasteiger charge is -2.16. The first-order valence-corrected chi connectivity index (χ1v) is 8.99. The highest BCUT2D eigenvalue weighted by atomic mass is 16.7. The Bertz CT molecular complexity index is 1030. The zero-order valence-corrected chi connectivity index (χ0v) is 15.8. The van der Waals surface area contributed by atoms with Crippen molar-refractivity contribution in [2.75, 3.05) is 6.79 Å². The fourth-order valence-corrected chi connectivity index (χ4v) is 3.21. The van der Waals surface area contributed by atoms with Crippen LogP contribution in [0.5, 0.6) is 11.5 Å². The van der Waals surface area contributed by atoms with Gasteiger partial charge >= 0.3 is 0 Å². The predicted octanol–water partition coefficient (Wildman–Crippen LogP) is 3.54. The van der Waals surface area contributed by atoms with Gasteiger partial charge in [-0.05, 0) is 51.5 Å². The quantitative estimate of drug-likeness (QED) is 0.764. The first-order chi connectivity index (χ1) is 12.9. The van der Waals surface area contributed by atoms with Crippen molar-refractivity contribution in [1.82, 2.24) is 20.1 Å². The lowest BCUT2D eigenvalue weighted by molar-refractivity contribution is 0.0939. The summed E-state index contributed by atoms with van der Waals surface area (Å²) in [6, 6.07) is 7.57. The molecule has 1 aliphatic rings. The molecule has 4 rings (SSSR count). The third-order valence-corrected chi connectivity index (χ3v) is 4.74. The summed E-state index contributed by atoms with van der Waals surface area (Å²) in [4.78, 5) is 17.4. The number of nitrogens with one attached hydrogen (secondary N) is 1. The Kier molecular flexibility index (Phi) is 4.22. The van der Waals surface area contributed by atoms with E-state index >= 15 is 0 Å². The molecule has 0 saturated carbocycles. The van der Waals surface area contributed by atoms with Gasteiger partial charge in [0, 0.05) is 11.4 Å². The Morgan fingerprint density at radius 2 is 1.96 bits per heavy atom. The lowest BCUT2D eigenvalue weighted by Crippen LogP contribution is -2.27. The number of carbonyl (C=O) groups excluding carboxylic acids is 1. The summed E-state index contributed by atoms with van der Waals surface area (Å²) >= 11 is 0. The molecule has 27 heavy (non-hydrogen) atoms. The van der Waals surface area contributed by atoms with Crippen LogP contribution >= 0.6 is 0 Å². The highest BCUT2D eigenvalue weighted by molar-refractivity contribution is 5.98. The SMILES string of the molecule is Cc1nc2c(cnn2C(C)C)cc1C(=O)NC(C)c1ccc2c(c1)OCO2. The fraction of sp³-hybridized carbons (Fsp3) is 0.350. The Morgan fingerprint density at radius 1 is 1.19 bits per heavy atom. The molecule has 0 saturated heterocycles. The number of hydrogen-bond acceptors (Lipinski definition) is 5. The molecule has 2 aromatic heterocycles. The molecule has 0 bridgehead atoms. The molecule has 7 heteroatoms. The Labute approximate surface area is 157 Å². The first kappa shape index (κ1) is 17.3. The largest absolute Gasteiger partial charge is 0.454 e. The van der Waals surface area contributed by atoms with Gasteiger partial charge in [0.2, 0.25) is 6.79 Å². The summed E-state index contributed by atoms with van der Waals surface area (Å²) in [7, 11) is 0. The Hall–Kier alpha value is -3.09. The third-order valence-electron chi connectivity index (χ3n) is 4.74. The van der Waals surface area contributed by atoms with E-state index in [4.69, 9.17) is 9.47 Å². The van der Waals surface area contributed by atoms with Crippen molar-refractivity contribution in [3.8, 4) is 11.5 Å². The zero-order valence-electron chi connectivity index (χ0n) is 15.8. The molecule has 0 spiro atoms. The van der Waals surface area contributed by atoms with Crippen LogP contribution in [0.2, 0.25) is 0 Å². The van der Waals surface area contributed by atoms with Gasteiger partial charge in [-0.15, -0.1) is 0 Å². The maximum absolute atomic E-state index is 12.8. The molecule has 1 N–H and O–H groups in total. The van der Waals surface area contributed by atoms with Crippen LogP contribution in [0.25, 0.3) is 11.0 Å². The number of pyridine rings is 1. The highest BCUT2D eigenvalue weighted by Crippen LogP contribution is 2.34. The monoisotopic (exact) mass is 366 g/mol. The van der Waals surface area contributed by atoms with Crippen molar-refractivity contribution in [2.24, 2.45) is 0 Å². The summed E-state index contributed by atoms with van der Waals surface area (Å²) in [5.74, 6) is 1.27. The summed E-state index contributed by atoms with van der Waals surface area (Å²) in [6.45, 7) is 8.12. The summed E-state index contributed by atoms with van der Waals surface area (Å²) < 4.78 is 12.6. The average molecular weight is 366 g/mol. The van der Waals surface area contributed by atoms with Gasteiger partial charge in [-0.2, -0.15) is 5.10 Å². The van der Waals surface area contributed by atoms with Gasteiger partial charge in [0.15, 0.2) is 17.1 Å². The molecule has 0 fully saturated rings. The summed E-state index contributed by atoms with van der Waals surface area (Å²) in [6.07, 6.45) is 1.75. The number of fused-ring (bicyclic) bond motifs is 2. The second-order valence-electron chi connectivity index (χ2n) is 7.02. The number of benzene rings is 1. The molecule has 1 unspecified atom stereocenters. The number of ether oxygens (including phenoxy) is 2. The third kappa shape index (κ3) is 3.09. The molecule has 7 nitrogen and oxygen atoms in total. The van der Waals surface area contributed by atoms with E-state index in [1.165, 1.54) is 0 Å². The molecule has 1 amide bonds. The maximum Gasteiger partial charge on any atom is 0.253 e. The fourth-order valence-electron chi connectivity index (χ4n) is 3.21. The molecular formula is C20H22N4O3. The second-order valence-corrected chi connectivity index (χ2v) is 7.02. The number of aryl methyl sites for hydroxylation is 1. The summed E-state index contributed by atoms with van der Waals surface area (Å²) in [5, 5.41) is 8.27. The van der Waals surface area contributed by atoms with Crippen molar-refractivity contribution >= 4 is 16.9 Å². The maximum atomic E-state index is 12.8. The average Bonchev–Trinajstić information content (AvgIpc) is 3.26. The first-order valence-electron chi connectivity index (χ1n) is 8.99. The van der Waals surface area contributed by atoms with Crippen LogP contribution in [0.15, 0.2) is 30.5 Å². The normalized spacial score (nSPS) is 14.0. The molecule has 1 aromatic carbocycles. The number of rotatable bonds is 4. The second kappa shape index (κ2) is 6.57. The molecular weight excluding hydrogens is 344 g/mol. The van der Waals surface area contributed by atoms with E-state index in [9.17, 15) is 4.79 Å². The van der Waals surface area contributed by atoms with E-state index in [1.807, 2.05) is 42.8 Å². The molecule has 3 heterocycles. The van der Waals surface area contributed by atoms with Gasteiger partial charge in [0.05, 0.1) is 23.5 Å². The van der Waals surface area contributed by atoms with E-state index in [-0.39, 0.29) is 24.8 Å². The van der Waals surface area contributed by atoms with Crippen LogP contribution < -0.4 is 14.8 Å². The van der Waals surface area contributed by atoms with E-state index in [2.05, 4.69) is 29.2 Å². The predicted molar refractivity (Wildman–Crippen MR) is 101 cm³/mol. The Balaban J connectivity index is 1.58. The number of hydrogen-bond donors (Lipinski definition) is 1. The number of nitrogens with zero attached hydrogens (tertiary/aromatic N) is 3. The molecule has 140 valence electrons. The van der Waals surface area contributed by atoms with E-state index in [0.29, 0.717) is 17.0 Å². The molecule has 0 aliphatic carbocycles. The van der Waals surface area contributed by atoms with Crippen molar-refractivity contribution in [3.63, 3.8) is 0 Å². The highest BCUT2D eigenvalue weighted by Gasteiger charge is 2.19. The van der Waals surface area contributed by atoms with Crippen LogP contribution in [0.1, 0.15) is 54.5 Å². The minimum absolute atomic E-state index is 0.163. The minimum atomic E-state index is -0.180. The van der Waals surface area contributed by atoms with Crippen LogP contribution in [0.4, 0.5) is 0 Å². The smallest absolute Gasteiger partial charge is 0.253 e. The van der Waals surface area contributed by atoms with Crippen molar-refractivity contribution < 1.29 is 14.3 Å². The number of amides is 1.